The zero-order valence-corrected chi connectivity index (χ0v) is 23.4. The van der Waals surface area contributed by atoms with Gasteiger partial charge in [-0.2, -0.15) is 13.2 Å². The van der Waals surface area contributed by atoms with Crippen LogP contribution in [0.25, 0.3) is 0 Å². The highest BCUT2D eigenvalue weighted by Gasteiger charge is 2.35. The fourth-order valence-electron chi connectivity index (χ4n) is 4.32. The van der Waals surface area contributed by atoms with Crippen molar-refractivity contribution in [3.05, 3.63) is 53.8 Å². The maximum absolute atomic E-state index is 15.1. The molecule has 1 atom stereocenters. The summed E-state index contributed by atoms with van der Waals surface area (Å²) in [7, 11) is -4.18. The molecule has 1 N–H and O–H groups in total. The summed E-state index contributed by atoms with van der Waals surface area (Å²) < 4.78 is 91.2. The van der Waals surface area contributed by atoms with Crippen molar-refractivity contribution in [3.8, 4) is 0 Å². The maximum Gasteiger partial charge on any atom is 0.416 e. The second kappa shape index (κ2) is 11.4. The molecular weight excluding hydrogens is 572 g/mol. The number of anilines is 2. The minimum atomic E-state index is -4.61. The number of benzene rings is 2. The Morgan fingerprint density at radius 1 is 1.05 bits per heavy atom. The number of alkyl halides is 3. The van der Waals surface area contributed by atoms with Crippen LogP contribution in [0.3, 0.4) is 0 Å². The maximum atomic E-state index is 15.1. The lowest BCUT2D eigenvalue weighted by molar-refractivity contribution is -0.137. The summed E-state index contributed by atoms with van der Waals surface area (Å²) in [5, 5.41) is 0. The van der Waals surface area contributed by atoms with E-state index < -0.39 is 51.5 Å². The molecule has 10 nitrogen and oxygen atoms in total. The molecule has 2 heterocycles. The van der Waals surface area contributed by atoms with Crippen molar-refractivity contribution >= 4 is 33.6 Å². The number of nitrogens with zero attached hydrogens (tertiary/aromatic N) is 3. The lowest BCUT2D eigenvalue weighted by Crippen LogP contribution is -2.50. The number of carbonyl (C=O) groups is 2. The Morgan fingerprint density at radius 3 is 2.24 bits per heavy atom. The summed E-state index contributed by atoms with van der Waals surface area (Å²) in [6.07, 6.45) is -6.76. The Kier molecular flexibility index (Phi) is 8.41. The van der Waals surface area contributed by atoms with Crippen molar-refractivity contribution in [2.75, 3.05) is 49.1 Å². The summed E-state index contributed by atoms with van der Waals surface area (Å²) in [6.45, 7) is 6.35. The molecule has 2 saturated heterocycles. The van der Waals surface area contributed by atoms with Gasteiger partial charge in [-0.05, 0) is 63.2 Å². The van der Waals surface area contributed by atoms with Crippen molar-refractivity contribution in [1.82, 2.24) is 9.62 Å². The summed E-state index contributed by atoms with van der Waals surface area (Å²) in [6, 6.07) is 7.21. The number of nitrogens with one attached hydrogen (secondary N) is 1. The van der Waals surface area contributed by atoms with Crippen molar-refractivity contribution in [2.24, 2.45) is 0 Å². The topological polar surface area (TPSA) is 108 Å². The van der Waals surface area contributed by atoms with Crippen LogP contribution in [-0.4, -0.2) is 76.5 Å². The smallest absolute Gasteiger partial charge is 0.416 e. The Bertz CT molecular complexity index is 1390. The molecule has 0 spiro atoms. The predicted octanol–water partition coefficient (Wildman–Crippen LogP) is 4.21. The summed E-state index contributed by atoms with van der Waals surface area (Å²) in [5.41, 5.74) is -1.11. The molecule has 41 heavy (non-hydrogen) atoms. The number of carbonyl (C=O) groups excluding carboxylic acids is 2. The van der Waals surface area contributed by atoms with E-state index in [0.29, 0.717) is 44.0 Å². The predicted molar refractivity (Wildman–Crippen MR) is 141 cm³/mol. The zero-order chi connectivity index (χ0) is 30.2. The fourth-order valence-corrected chi connectivity index (χ4v) is 5.39. The van der Waals surface area contributed by atoms with Gasteiger partial charge in [0.1, 0.15) is 17.5 Å². The van der Waals surface area contributed by atoms with Crippen LogP contribution in [0, 0.1) is 5.82 Å². The van der Waals surface area contributed by atoms with Crippen LogP contribution in [0.5, 0.6) is 0 Å². The van der Waals surface area contributed by atoms with Gasteiger partial charge in [-0.3, -0.25) is 4.90 Å². The van der Waals surface area contributed by atoms with E-state index in [-0.39, 0.29) is 23.7 Å². The molecule has 2 aromatic carbocycles. The second-order valence-electron chi connectivity index (χ2n) is 10.6. The van der Waals surface area contributed by atoms with E-state index in [9.17, 15) is 31.2 Å². The van der Waals surface area contributed by atoms with Gasteiger partial charge < -0.3 is 19.3 Å². The third-order valence-corrected chi connectivity index (χ3v) is 7.82. The second-order valence-corrected chi connectivity index (χ2v) is 12.3. The molecular formula is C26H30F4N4O6S. The lowest BCUT2D eigenvalue weighted by Gasteiger charge is -2.37. The molecule has 224 valence electrons. The third-order valence-electron chi connectivity index (χ3n) is 6.38. The largest absolute Gasteiger partial charge is 0.444 e. The van der Waals surface area contributed by atoms with Crippen LogP contribution in [-0.2, 0) is 25.7 Å². The SMILES string of the molecule is CC(C)(C)OC(=O)N1CCN(c2ccc(N3C[C@H](CNS(=O)(=O)c4ccc(C(F)(F)F)cc4)OC3=O)cc2F)CC1. The summed E-state index contributed by atoms with van der Waals surface area (Å²) in [5.74, 6) is -0.590. The molecule has 0 bridgehead atoms. The Hall–Kier alpha value is -3.59. The number of halogens is 4. The van der Waals surface area contributed by atoms with Crippen LogP contribution in [0.2, 0.25) is 0 Å². The van der Waals surface area contributed by atoms with Crippen molar-refractivity contribution in [1.29, 1.82) is 0 Å². The summed E-state index contributed by atoms with van der Waals surface area (Å²) >= 11 is 0. The first-order chi connectivity index (χ1) is 19.0. The van der Waals surface area contributed by atoms with Gasteiger partial charge >= 0.3 is 18.4 Å². The van der Waals surface area contributed by atoms with Gasteiger partial charge in [0.25, 0.3) is 0 Å². The van der Waals surface area contributed by atoms with Gasteiger partial charge in [0.15, 0.2) is 0 Å². The first-order valence-electron chi connectivity index (χ1n) is 12.7. The minimum Gasteiger partial charge on any atom is -0.444 e. The van der Waals surface area contributed by atoms with E-state index in [1.807, 2.05) is 0 Å². The Morgan fingerprint density at radius 2 is 1.68 bits per heavy atom. The first-order valence-corrected chi connectivity index (χ1v) is 14.2. The molecule has 15 heteroatoms. The van der Waals surface area contributed by atoms with Crippen LogP contribution < -0.4 is 14.5 Å². The fraction of sp³-hybridized carbons (Fsp3) is 0.462. The minimum absolute atomic E-state index is 0.0816. The van der Waals surface area contributed by atoms with Crippen molar-refractivity contribution < 1.29 is 45.0 Å². The van der Waals surface area contributed by atoms with Gasteiger partial charge in [-0.1, -0.05) is 0 Å². The first kappa shape index (κ1) is 30.4. The van der Waals surface area contributed by atoms with Gasteiger partial charge in [-0.15, -0.1) is 0 Å². The van der Waals surface area contributed by atoms with Crippen molar-refractivity contribution in [3.63, 3.8) is 0 Å². The zero-order valence-electron chi connectivity index (χ0n) is 22.6. The number of rotatable bonds is 6. The highest BCUT2D eigenvalue weighted by molar-refractivity contribution is 7.89. The summed E-state index contributed by atoms with van der Waals surface area (Å²) in [4.78, 5) is 28.8. The monoisotopic (exact) mass is 602 g/mol. The molecule has 4 rings (SSSR count). The quantitative estimate of drug-likeness (QED) is 0.494. The van der Waals surface area contributed by atoms with E-state index >= 15 is 4.39 Å². The van der Waals surface area contributed by atoms with Gasteiger partial charge in [0, 0.05) is 32.7 Å². The third kappa shape index (κ3) is 7.38. The molecule has 0 aromatic heterocycles. The molecule has 2 aliphatic heterocycles. The molecule has 0 unspecified atom stereocenters. The molecule has 0 radical (unpaired) electrons. The van der Waals surface area contributed by atoms with Crippen LogP contribution in [0.15, 0.2) is 47.4 Å². The van der Waals surface area contributed by atoms with Gasteiger partial charge in [0.05, 0.1) is 28.4 Å². The van der Waals surface area contributed by atoms with E-state index in [4.69, 9.17) is 9.47 Å². The van der Waals surface area contributed by atoms with Crippen LogP contribution in [0.4, 0.5) is 38.5 Å². The molecule has 0 aliphatic carbocycles. The van der Waals surface area contributed by atoms with E-state index in [0.717, 1.165) is 17.0 Å². The molecule has 2 amide bonds. The van der Waals surface area contributed by atoms with E-state index in [1.165, 1.54) is 18.2 Å². The number of amides is 2. The van der Waals surface area contributed by atoms with E-state index in [1.54, 1.807) is 30.6 Å². The molecule has 2 aromatic rings. The number of piperazine rings is 1. The van der Waals surface area contributed by atoms with Crippen molar-refractivity contribution in [2.45, 2.75) is 43.5 Å². The highest BCUT2D eigenvalue weighted by Crippen LogP contribution is 2.31. The molecule has 2 aliphatic rings. The molecule has 2 fully saturated rings. The highest BCUT2D eigenvalue weighted by atomic mass is 32.2. The average molecular weight is 603 g/mol. The van der Waals surface area contributed by atoms with Gasteiger partial charge in [0.2, 0.25) is 10.0 Å². The molecule has 0 saturated carbocycles. The number of hydrogen-bond donors (Lipinski definition) is 1. The average Bonchev–Trinajstić information content (AvgIpc) is 3.26. The van der Waals surface area contributed by atoms with Crippen LogP contribution >= 0.6 is 0 Å². The lowest BCUT2D eigenvalue weighted by atomic mass is 10.2. The Balaban J connectivity index is 1.33. The van der Waals surface area contributed by atoms with Gasteiger partial charge in [-0.25, -0.2) is 27.1 Å². The van der Waals surface area contributed by atoms with Crippen LogP contribution in [0.1, 0.15) is 26.3 Å². The Labute approximate surface area is 234 Å². The number of ether oxygens (including phenoxy) is 2. The standard InChI is InChI=1S/C26H30F4N4O6S/c1-25(2,3)40-23(35)33-12-10-32(11-13-33)22-9-6-18(14-21(22)27)34-16-19(39-24(34)36)15-31-41(37,38)20-7-4-17(5-8-20)26(28,29)30/h4-9,14,19,31H,10-13,15-16H2,1-3H3/t19-/m0/s1. The number of hydrogen-bond acceptors (Lipinski definition) is 7. The number of sulfonamides is 1. The number of cyclic esters (lactones) is 1. The normalized spacial score (nSPS) is 18.5. The van der Waals surface area contributed by atoms with E-state index in [2.05, 4.69) is 4.72 Å².